The van der Waals surface area contributed by atoms with Gasteiger partial charge in [0, 0.05) is 46.6 Å². The summed E-state index contributed by atoms with van der Waals surface area (Å²) < 4.78 is 13.9. The molecule has 9 heteroatoms. The van der Waals surface area contributed by atoms with Crippen molar-refractivity contribution >= 4 is 35.0 Å². The van der Waals surface area contributed by atoms with Gasteiger partial charge in [0.2, 0.25) is 0 Å². The zero-order valence-electron chi connectivity index (χ0n) is 25.0. The maximum atomic E-state index is 14.5. The van der Waals surface area contributed by atoms with E-state index >= 15 is 0 Å². The summed E-state index contributed by atoms with van der Waals surface area (Å²) in [5.74, 6) is 1.60. The molecule has 0 aliphatic carbocycles. The van der Waals surface area contributed by atoms with Gasteiger partial charge in [-0.3, -0.25) is 9.36 Å². The van der Waals surface area contributed by atoms with E-state index in [0.717, 1.165) is 58.7 Å². The number of allylic oxidation sites excluding steroid dienone is 1. The molecular formula is C36H34Cl2N4O3. The van der Waals surface area contributed by atoms with Crippen LogP contribution in [0.5, 0.6) is 5.75 Å². The Balaban J connectivity index is 1.35. The van der Waals surface area contributed by atoms with E-state index in [1.165, 1.54) is 0 Å². The molecule has 0 spiro atoms. The lowest BCUT2D eigenvalue weighted by molar-refractivity contribution is 0.0277. The molecule has 0 bridgehead atoms. The van der Waals surface area contributed by atoms with Crippen LogP contribution >= 0.6 is 23.2 Å². The van der Waals surface area contributed by atoms with Gasteiger partial charge in [0.15, 0.2) is 0 Å². The first-order chi connectivity index (χ1) is 22.0. The minimum atomic E-state index is -0.267. The molecule has 0 saturated carbocycles. The van der Waals surface area contributed by atoms with Gasteiger partial charge in [-0.1, -0.05) is 72.6 Å². The van der Waals surface area contributed by atoms with Crippen LogP contribution in [0.3, 0.4) is 0 Å². The highest BCUT2D eigenvalue weighted by molar-refractivity contribution is 6.36. The minimum Gasteiger partial charge on any atom is -0.491 e. The van der Waals surface area contributed by atoms with E-state index in [4.69, 9.17) is 37.7 Å². The minimum absolute atomic E-state index is 0.0443. The van der Waals surface area contributed by atoms with Crippen molar-refractivity contribution in [1.29, 1.82) is 0 Å². The lowest BCUT2D eigenvalue weighted by atomic mass is 10.0. The summed E-state index contributed by atoms with van der Waals surface area (Å²) in [5.41, 5.74) is 5.83. The van der Waals surface area contributed by atoms with Crippen molar-refractivity contribution < 1.29 is 9.47 Å². The average Bonchev–Trinajstić information content (AvgIpc) is 3.23. The first-order valence-corrected chi connectivity index (χ1v) is 16.2. The molecule has 1 fully saturated rings. The molecular weight excluding hydrogens is 607 g/mol. The fourth-order valence-corrected chi connectivity index (χ4v) is 6.78. The maximum Gasteiger partial charge on any atom is 0.260 e. The van der Waals surface area contributed by atoms with E-state index in [-0.39, 0.29) is 17.7 Å². The van der Waals surface area contributed by atoms with Gasteiger partial charge in [0.05, 0.1) is 23.8 Å². The van der Waals surface area contributed by atoms with Gasteiger partial charge >= 0.3 is 0 Å². The largest absolute Gasteiger partial charge is 0.491 e. The lowest BCUT2D eigenvalue weighted by Crippen LogP contribution is -2.48. The Morgan fingerprint density at radius 1 is 1.04 bits per heavy atom. The van der Waals surface area contributed by atoms with Crippen molar-refractivity contribution in [2.24, 2.45) is 4.99 Å². The second-order valence-electron chi connectivity index (χ2n) is 11.5. The third-order valence-corrected chi connectivity index (χ3v) is 9.25. The molecule has 7 nitrogen and oxygen atoms in total. The van der Waals surface area contributed by atoms with Crippen LogP contribution in [-0.4, -0.2) is 30.9 Å². The number of aromatic nitrogens is 1. The van der Waals surface area contributed by atoms with E-state index in [0.29, 0.717) is 52.7 Å². The van der Waals surface area contributed by atoms with Gasteiger partial charge in [0.1, 0.15) is 23.7 Å². The molecule has 2 unspecified atom stereocenters. The molecule has 1 saturated heterocycles. The molecule has 1 aromatic heterocycles. The number of para-hydroxylation sites is 1. The maximum absolute atomic E-state index is 14.5. The van der Waals surface area contributed by atoms with Crippen LogP contribution in [0.25, 0.3) is 17.2 Å². The molecule has 3 aromatic carbocycles. The normalized spacial score (nSPS) is 19.4. The van der Waals surface area contributed by atoms with Crippen molar-refractivity contribution in [3.05, 3.63) is 126 Å². The second kappa shape index (κ2) is 12.9. The monoisotopic (exact) mass is 640 g/mol. The Labute approximate surface area is 271 Å². The first kappa shape index (κ1) is 29.8. The number of benzene rings is 3. The van der Waals surface area contributed by atoms with E-state index in [2.05, 4.69) is 54.0 Å². The Morgan fingerprint density at radius 2 is 1.89 bits per heavy atom. The first-order valence-electron chi connectivity index (χ1n) is 15.4. The Bertz CT molecular complexity index is 1960. The Morgan fingerprint density at radius 3 is 2.67 bits per heavy atom. The van der Waals surface area contributed by atoms with Gasteiger partial charge in [0.25, 0.3) is 5.56 Å². The standard InChI is InChI=1S/C36H34Cl2N4O3/c1-2-22-7-8-25-18-30(29-14-11-26(37)19-31(29)38)36(43)42(28-17-24-5-3-4-6-32(24)45-21-28)35(25)41-34(22)40-27-12-9-23(10-13-27)33-20-39-15-16-44-33/h3-6,8-14,18-19,28,33,39-40H,2,7,15-17,20-21H2,1H3. The van der Waals surface area contributed by atoms with Crippen LogP contribution in [0.15, 0.2) is 94.0 Å². The van der Waals surface area contributed by atoms with Crippen LogP contribution in [0.1, 0.15) is 43.0 Å². The smallest absolute Gasteiger partial charge is 0.260 e. The molecule has 3 aliphatic heterocycles. The highest BCUT2D eigenvalue weighted by Crippen LogP contribution is 2.31. The van der Waals surface area contributed by atoms with E-state index in [1.807, 2.05) is 24.3 Å². The quantitative estimate of drug-likeness (QED) is 0.263. The molecule has 0 amide bonds. The molecule has 3 aliphatic rings. The summed E-state index contributed by atoms with van der Waals surface area (Å²) in [7, 11) is 0. The lowest BCUT2D eigenvalue weighted by Gasteiger charge is -2.27. The summed E-state index contributed by atoms with van der Waals surface area (Å²) in [6.07, 6.45) is 4.33. The summed E-state index contributed by atoms with van der Waals surface area (Å²) in [4.78, 5) is 19.7. The van der Waals surface area contributed by atoms with E-state index in [9.17, 15) is 4.79 Å². The summed E-state index contributed by atoms with van der Waals surface area (Å²) in [6.45, 7) is 4.87. The molecule has 45 heavy (non-hydrogen) atoms. The molecule has 0 radical (unpaired) electrons. The molecule has 4 heterocycles. The van der Waals surface area contributed by atoms with Crippen molar-refractivity contribution in [3.8, 4) is 16.9 Å². The topological polar surface area (TPSA) is 76.9 Å². The van der Waals surface area contributed by atoms with Gasteiger partial charge < -0.3 is 20.1 Å². The molecule has 2 atom stereocenters. The fraction of sp³-hybridized carbons (Fsp3) is 0.278. The summed E-state index contributed by atoms with van der Waals surface area (Å²) in [5, 5.41) is 8.77. The van der Waals surface area contributed by atoms with Gasteiger partial charge in [-0.2, -0.15) is 0 Å². The predicted octanol–water partition coefficient (Wildman–Crippen LogP) is 6.20. The van der Waals surface area contributed by atoms with Crippen LogP contribution in [0.2, 0.25) is 10.0 Å². The third kappa shape index (κ3) is 6.06. The molecule has 230 valence electrons. The number of rotatable bonds is 6. The molecule has 7 rings (SSSR count). The SMILES string of the molecule is CCC1=C(Nc2ccc(C3CNCCO3)cc2)N=c2c(cc(-c3ccc(Cl)cc3Cl)c(=O)n2C2COc3ccccc3C2)=CC1. The van der Waals surface area contributed by atoms with E-state index < -0.39 is 0 Å². The highest BCUT2D eigenvalue weighted by atomic mass is 35.5. The number of hydrogen-bond donors (Lipinski definition) is 2. The number of ether oxygens (including phenoxy) is 2. The van der Waals surface area contributed by atoms with Gasteiger partial charge in [-0.25, -0.2) is 4.99 Å². The fourth-order valence-electron chi connectivity index (χ4n) is 6.27. The summed E-state index contributed by atoms with van der Waals surface area (Å²) in [6, 6.07) is 23.2. The summed E-state index contributed by atoms with van der Waals surface area (Å²) >= 11 is 12.9. The van der Waals surface area contributed by atoms with Crippen molar-refractivity contribution in [1.82, 2.24) is 9.88 Å². The van der Waals surface area contributed by atoms with Crippen molar-refractivity contribution in [2.45, 2.75) is 38.3 Å². The Kier molecular flexibility index (Phi) is 8.51. The van der Waals surface area contributed by atoms with Gasteiger partial charge in [-0.15, -0.1) is 0 Å². The number of halogens is 2. The van der Waals surface area contributed by atoms with Crippen LogP contribution in [0.4, 0.5) is 5.69 Å². The van der Waals surface area contributed by atoms with Crippen LogP contribution in [-0.2, 0) is 11.2 Å². The number of nitrogens with one attached hydrogen (secondary N) is 2. The van der Waals surface area contributed by atoms with Crippen LogP contribution in [0, 0.1) is 0 Å². The zero-order chi connectivity index (χ0) is 30.9. The number of hydrogen-bond acceptors (Lipinski definition) is 6. The number of morpholine rings is 1. The van der Waals surface area contributed by atoms with Crippen molar-refractivity contribution in [3.63, 3.8) is 0 Å². The predicted molar refractivity (Wildman–Crippen MR) is 180 cm³/mol. The van der Waals surface area contributed by atoms with Gasteiger partial charge in [-0.05, 0) is 65.9 Å². The molecule has 2 N–H and O–H groups in total. The van der Waals surface area contributed by atoms with Crippen molar-refractivity contribution in [2.75, 3.05) is 31.6 Å². The molecule has 4 aromatic rings. The third-order valence-electron chi connectivity index (χ3n) is 8.70. The Hall–Kier alpha value is -3.88. The zero-order valence-corrected chi connectivity index (χ0v) is 26.5. The van der Waals surface area contributed by atoms with Crippen LogP contribution < -0.4 is 31.6 Å². The number of nitrogens with zero attached hydrogens (tertiary/aromatic N) is 2. The number of anilines is 1. The number of pyridine rings is 1. The highest BCUT2D eigenvalue weighted by Gasteiger charge is 2.26. The second-order valence-corrected chi connectivity index (χ2v) is 12.4. The number of fused-ring (bicyclic) bond motifs is 2. The average molecular weight is 642 g/mol. The van der Waals surface area contributed by atoms with E-state index in [1.54, 1.807) is 22.8 Å².